The smallest absolute Gasteiger partial charge is 0.214 e. The Labute approximate surface area is 87.5 Å². The lowest BCUT2D eigenvalue weighted by Crippen LogP contribution is -2.02. The molecule has 0 aliphatic heterocycles. The van der Waals surface area contributed by atoms with Crippen molar-refractivity contribution in [3.63, 3.8) is 0 Å². The minimum atomic E-state index is 0.601. The van der Waals surface area contributed by atoms with Gasteiger partial charge in [0.1, 0.15) is 5.82 Å². The number of hydrogen-bond donors (Lipinski definition) is 2. The molecule has 0 spiro atoms. The molecule has 15 heavy (non-hydrogen) atoms. The average molecular weight is 204 g/mol. The fourth-order valence-corrected chi connectivity index (χ4v) is 1.20. The first-order chi connectivity index (χ1) is 7.38. The molecule has 2 aromatic rings. The number of anilines is 1. The van der Waals surface area contributed by atoms with E-state index in [-0.39, 0.29) is 0 Å². The molecule has 0 amide bonds. The van der Waals surface area contributed by atoms with Crippen LogP contribution in [0, 0.1) is 0 Å². The lowest BCUT2D eigenvalue weighted by Gasteiger charge is -2.05. The molecule has 0 aromatic carbocycles. The third kappa shape index (κ3) is 2.46. The van der Waals surface area contributed by atoms with Crippen molar-refractivity contribution >= 4 is 5.82 Å². The fourth-order valence-electron chi connectivity index (χ4n) is 1.20. The first-order valence-electron chi connectivity index (χ1n) is 4.61. The van der Waals surface area contributed by atoms with Crippen LogP contribution in [0.15, 0.2) is 30.5 Å². The number of aromatic nitrogens is 3. The molecule has 2 aromatic heterocycles. The summed E-state index contributed by atoms with van der Waals surface area (Å²) in [4.78, 5) is 4.22. The van der Waals surface area contributed by atoms with Crippen molar-refractivity contribution in [1.82, 2.24) is 15.2 Å². The molecule has 0 bridgehead atoms. The Morgan fingerprint density at radius 1 is 1.40 bits per heavy atom. The molecular formula is C10H12N4O. The van der Waals surface area contributed by atoms with Gasteiger partial charge in [-0.3, -0.25) is 5.10 Å². The van der Waals surface area contributed by atoms with E-state index in [4.69, 9.17) is 4.74 Å². The number of methoxy groups -OCH3 is 1. The molecule has 2 heterocycles. The van der Waals surface area contributed by atoms with Crippen LogP contribution in [0.3, 0.4) is 0 Å². The van der Waals surface area contributed by atoms with Crippen molar-refractivity contribution in [2.45, 2.75) is 6.54 Å². The maximum atomic E-state index is 5.02. The number of aromatic amines is 1. The van der Waals surface area contributed by atoms with Gasteiger partial charge in [-0.1, -0.05) is 6.07 Å². The van der Waals surface area contributed by atoms with Gasteiger partial charge in [0.2, 0.25) is 5.88 Å². The summed E-state index contributed by atoms with van der Waals surface area (Å²) >= 11 is 0. The van der Waals surface area contributed by atoms with Crippen LogP contribution in [0.5, 0.6) is 5.88 Å². The van der Waals surface area contributed by atoms with Crippen LogP contribution in [0.1, 0.15) is 5.69 Å². The molecule has 2 rings (SSSR count). The minimum Gasteiger partial charge on any atom is -0.481 e. The highest BCUT2D eigenvalue weighted by molar-refractivity contribution is 5.37. The standard InChI is InChI=1S/C10H12N4O/c1-15-10-4-2-3-9(13-10)11-7-8-5-6-12-14-8/h2-6H,7H2,1H3,(H,11,13)(H,12,14). The summed E-state index contributed by atoms with van der Waals surface area (Å²) < 4.78 is 5.02. The number of rotatable bonds is 4. The summed E-state index contributed by atoms with van der Waals surface area (Å²) in [5, 5.41) is 9.88. The van der Waals surface area contributed by atoms with E-state index in [0.29, 0.717) is 12.4 Å². The number of hydrogen-bond acceptors (Lipinski definition) is 4. The van der Waals surface area contributed by atoms with Gasteiger partial charge in [-0.05, 0) is 12.1 Å². The Kier molecular flexibility index (Phi) is 2.82. The first-order valence-corrected chi connectivity index (χ1v) is 4.61. The van der Waals surface area contributed by atoms with E-state index in [1.165, 1.54) is 0 Å². The molecule has 0 radical (unpaired) electrons. The van der Waals surface area contributed by atoms with Crippen LogP contribution in [0.2, 0.25) is 0 Å². The molecular weight excluding hydrogens is 192 g/mol. The highest BCUT2D eigenvalue weighted by atomic mass is 16.5. The molecule has 5 heteroatoms. The highest BCUT2D eigenvalue weighted by Crippen LogP contribution is 2.11. The van der Waals surface area contributed by atoms with E-state index >= 15 is 0 Å². The van der Waals surface area contributed by atoms with Gasteiger partial charge in [0, 0.05) is 12.3 Å². The van der Waals surface area contributed by atoms with Gasteiger partial charge < -0.3 is 10.1 Å². The van der Waals surface area contributed by atoms with Gasteiger partial charge in [0.05, 0.1) is 19.3 Å². The van der Waals surface area contributed by atoms with Gasteiger partial charge >= 0.3 is 0 Å². The van der Waals surface area contributed by atoms with Crippen LogP contribution in [-0.2, 0) is 6.54 Å². The van der Waals surface area contributed by atoms with Crippen LogP contribution < -0.4 is 10.1 Å². The quantitative estimate of drug-likeness (QED) is 0.790. The molecule has 0 saturated heterocycles. The van der Waals surface area contributed by atoms with Gasteiger partial charge in [0.25, 0.3) is 0 Å². The van der Waals surface area contributed by atoms with Crippen molar-refractivity contribution in [1.29, 1.82) is 0 Å². The van der Waals surface area contributed by atoms with Crippen molar-refractivity contribution in [3.8, 4) is 5.88 Å². The molecule has 0 saturated carbocycles. The third-order valence-electron chi connectivity index (χ3n) is 1.95. The Bertz CT molecular complexity index is 413. The van der Waals surface area contributed by atoms with E-state index in [1.54, 1.807) is 19.4 Å². The van der Waals surface area contributed by atoms with E-state index in [9.17, 15) is 0 Å². The van der Waals surface area contributed by atoms with Gasteiger partial charge in [0.15, 0.2) is 0 Å². The molecule has 78 valence electrons. The van der Waals surface area contributed by atoms with E-state index in [1.807, 2.05) is 18.2 Å². The van der Waals surface area contributed by atoms with Gasteiger partial charge in [-0.2, -0.15) is 10.1 Å². The minimum absolute atomic E-state index is 0.601. The van der Waals surface area contributed by atoms with Gasteiger partial charge in [-0.25, -0.2) is 0 Å². The number of pyridine rings is 1. The van der Waals surface area contributed by atoms with E-state index in [0.717, 1.165) is 11.5 Å². The number of H-pyrrole nitrogens is 1. The Balaban J connectivity index is 1.98. The second-order valence-electron chi connectivity index (χ2n) is 3.00. The molecule has 0 aliphatic carbocycles. The maximum Gasteiger partial charge on any atom is 0.214 e. The van der Waals surface area contributed by atoms with Crippen LogP contribution in [0.4, 0.5) is 5.82 Å². The largest absolute Gasteiger partial charge is 0.481 e. The van der Waals surface area contributed by atoms with Crippen LogP contribution >= 0.6 is 0 Å². The van der Waals surface area contributed by atoms with Crippen LogP contribution in [0.25, 0.3) is 0 Å². The fraction of sp³-hybridized carbons (Fsp3) is 0.200. The SMILES string of the molecule is COc1cccc(NCc2ccn[nH]2)n1. The van der Waals surface area contributed by atoms with Crippen molar-refractivity contribution < 1.29 is 4.74 Å². The Hall–Kier alpha value is -2.04. The molecule has 2 N–H and O–H groups in total. The number of nitrogens with zero attached hydrogens (tertiary/aromatic N) is 2. The zero-order chi connectivity index (χ0) is 10.5. The monoisotopic (exact) mass is 204 g/mol. The third-order valence-corrected chi connectivity index (χ3v) is 1.95. The van der Waals surface area contributed by atoms with E-state index < -0.39 is 0 Å². The highest BCUT2D eigenvalue weighted by Gasteiger charge is 1.97. The van der Waals surface area contributed by atoms with Crippen molar-refractivity contribution in [3.05, 3.63) is 36.2 Å². The Morgan fingerprint density at radius 2 is 2.33 bits per heavy atom. The summed E-state index contributed by atoms with van der Waals surface area (Å²) in [5.41, 5.74) is 1.01. The van der Waals surface area contributed by atoms with Crippen LogP contribution in [-0.4, -0.2) is 22.3 Å². The zero-order valence-electron chi connectivity index (χ0n) is 8.40. The summed E-state index contributed by atoms with van der Waals surface area (Å²) in [6, 6.07) is 7.49. The summed E-state index contributed by atoms with van der Waals surface area (Å²) in [6.45, 7) is 0.667. The normalized spacial score (nSPS) is 9.93. The molecule has 0 unspecified atom stereocenters. The molecule has 0 aliphatic rings. The van der Waals surface area contributed by atoms with Crippen molar-refractivity contribution in [2.24, 2.45) is 0 Å². The van der Waals surface area contributed by atoms with Crippen molar-refractivity contribution in [2.75, 3.05) is 12.4 Å². The lowest BCUT2D eigenvalue weighted by atomic mass is 10.4. The lowest BCUT2D eigenvalue weighted by molar-refractivity contribution is 0.398. The predicted octanol–water partition coefficient (Wildman–Crippen LogP) is 1.43. The topological polar surface area (TPSA) is 62.8 Å². The number of nitrogens with one attached hydrogen (secondary N) is 2. The Morgan fingerprint density at radius 3 is 3.07 bits per heavy atom. The van der Waals surface area contributed by atoms with E-state index in [2.05, 4.69) is 20.5 Å². The number of ether oxygens (including phenoxy) is 1. The summed E-state index contributed by atoms with van der Waals surface area (Å²) in [5.74, 6) is 1.38. The first kappa shape index (κ1) is 9.51. The average Bonchev–Trinajstić information content (AvgIpc) is 2.79. The second kappa shape index (κ2) is 4.45. The molecule has 0 fully saturated rings. The summed E-state index contributed by atoms with van der Waals surface area (Å²) in [7, 11) is 1.60. The zero-order valence-corrected chi connectivity index (χ0v) is 8.40. The molecule has 5 nitrogen and oxygen atoms in total. The predicted molar refractivity (Wildman–Crippen MR) is 56.7 cm³/mol. The van der Waals surface area contributed by atoms with Gasteiger partial charge in [-0.15, -0.1) is 0 Å². The maximum absolute atomic E-state index is 5.02. The summed E-state index contributed by atoms with van der Waals surface area (Å²) in [6.07, 6.45) is 1.72. The molecule has 0 atom stereocenters. The second-order valence-corrected chi connectivity index (χ2v) is 3.00.